The third kappa shape index (κ3) is 5.60. The summed E-state index contributed by atoms with van der Waals surface area (Å²) in [4.78, 5) is 17.3. The van der Waals surface area contributed by atoms with Crippen LogP contribution in [0.1, 0.15) is 32.7 Å². The highest BCUT2D eigenvalue weighted by molar-refractivity contribution is 5.96. The smallest absolute Gasteiger partial charge is 0.251 e. The molecule has 3 N–H and O–H groups in total. The van der Waals surface area contributed by atoms with E-state index in [9.17, 15) is 15.2 Å². The van der Waals surface area contributed by atoms with Gasteiger partial charge in [0.25, 0.3) is 5.91 Å². The normalized spacial score (nSPS) is 17.2. The van der Waals surface area contributed by atoms with E-state index in [1.807, 2.05) is 56.4 Å². The van der Waals surface area contributed by atoms with Crippen molar-refractivity contribution in [2.45, 2.75) is 32.5 Å². The Morgan fingerprint density at radius 2 is 2.06 bits per heavy atom. The van der Waals surface area contributed by atoms with Crippen molar-refractivity contribution in [2.75, 3.05) is 19.6 Å². The van der Waals surface area contributed by atoms with E-state index in [0.717, 1.165) is 22.4 Å². The highest BCUT2D eigenvalue weighted by atomic mass is 16.5. The van der Waals surface area contributed by atoms with Gasteiger partial charge in [0.05, 0.1) is 11.6 Å². The molecule has 0 radical (unpaired) electrons. The number of aryl methyl sites for hydroxylation is 2. The summed E-state index contributed by atoms with van der Waals surface area (Å²) < 4.78 is 6.04. The molecule has 1 aliphatic heterocycles. The van der Waals surface area contributed by atoms with Crippen LogP contribution in [0.3, 0.4) is 0 Å². The largest absolute Gasteiger partial charge is 0.486 e. The molecule has 2 aromatic carbocycles. The van der Waals surface area contributed by atoms with Gasteiger partial charge in [0.2, 0.25) is 0 Å². The molecule has 174 valence electrons. The van der Waals surface area contributed by atoms with E-state index in [1.165, 1.54) is 0 Å². The predicted octanol–water partition coefficient (Wildman–Crippen LogP) is 2.92. The van der Waals surface area contributed by atoms with E-state index in [-0.39, 0.29) is 5.91 Å². The lowest BCUT2D eigenvalue weighted by Crippen LogP contribution is -2.30. The topological polar surface area (TPSA) is 107 Å². The van der Waals surface area contributed by atoms with Crippen LogP contribution in [0, 0.1) is 25.2 Å². The second-order valence-electron chi connectivity index (χ2n) is 8.60. The van der Waals surface area contributed by atoms with Gasteiger partial charge in [-0.2, -0.15) is 5.26 Å². The van der Waals surface area contributed by atoms with Crippen molar-refractivity contribution in [3.8, 4) is 22.9 Å². The van der Waals surface area contributed by atoms with Crippen molar-refractivity contribution in [1.29, 1.82) is 5.26 Å². The van der Waals surface area contributed by atoms with Crippen LogP contribution in [0.15, 0.2) is 54.7 Å². The summed E-state index contributed by atoms with van der Waals surface area (Å²) in [6.45, 7) is 5.31. The highest BCUT2D eigenvalue weighted by Gasteiger charge is 2.27. The van der Waals surface area contributed by atoms with Crippen molar-refractivity contribution in [1.82, 2.24) is 15.6 Å². The molecule has 1 saturated heterocycles. The van der Waals surface area contributed by atoms with Crippen LogP contribution in [0.5, 0.6) is 5.75 Å². The second kappa shape index (κ2) is 10.5. The Morgan fingerprint density at radius 1 is 1.21 bits per heavy atom. The SMILES string of the molecule is Cc1ccc(-c2cc(OC3CNCC3O)cc(C(=O)NCCc3ccc(C)nc3)c2)c(C#N)c1. The fraction of sp³-hybridized carbons (Fsp3) is 0.296. The molecule has 2 unspecified atom stereocenters. The number of rotatable bonds is 7. The zero-order chi connectivity index (χ0) is 24.1. The molecule has 3 aromatic rings. The number of aliphatic hydroxyl groups is 1. The number of carbonyl (C=O) groups is 1. The van der Waals surface area contributed by atoms with Gasteiger partial charge in [-0.3, -0.25) is 9.78 Å². The number of hydrogen-bond acceptors (Lipinski definition) is 6. The molecule has 34 heavy (non-hydrogen) atoms. The minimum Gasteiger partial charge on any atom is -0.486 e. The first-order chi connectivity index (χ1) is 16.4. The average molecular weight is 457 g/mol. The minimum absolute atomic E-state index is 0.234. The van der Waals surface area contributed by atoms with Gasteiger partial charge in [-0.05, 0) is 72.9 Å². The van der Waals surface area contributed by atoms with Crippen LogP contribution < -0.4 is 15.4 Å². The van der Waals surface area contributed by atoms with E-state index in [0.29, 0.717) is 48.5 Å². The number of aromatic nitrogens is 1. The number of nitriles is 1. The van der Waals surface area contributed by atoms with Gasteiger partial charge >= 0.3 is 0 Å². The molecule has 7 heteroatoms. The third-order valence-electron chi connectivity index (χ3n) is 5.86. The predicted molar refractivity (Wildman–Crippen MR) is 130 cm³/mol. The van der Waals surface area contributed by atoms with Crippen LogP contribution in [0.25, 0.3) is 11.1 Å². The molecule has 0 spiro atoms. The molecule has 7 nitrogen and oxygen atoms in total. The zero-order valence-electron chi connectivity index (χ0n) is 19.3. The van der Waals surface area contributed by atoms with E-state index >= 15 is 0 Å². The third-order valence-corrected chi connectivity index (χ3v) is 5.86. The van der Waals surface area contributed by atoms with Crippen LogP contribution in [0.4, 0.5) is 0 Å². The summed E-state index contributed by atoms with van der Waals surface area (Å²) >= 11 is 0. The zero-order valence-corrected chi connectivity index (χ0v) is 19.3. The van der Waals surface area contributed by atoms with Gasteiger partial charge in [0.1, 0.15) is 18.0 Å². The Balaban J connectivity index is 1.59. The number of nitrogens with zero attached hydrogens (tertiary/aromatic N) is 2. The van der Waals surface area contributed by atoms with E-state index in [4.69, 9.17) is 4.74 Å². The molecule has 0 bridgehead atoms. The summed E-state index contributed by atoms with van der Waals surface area (Å²) in [6, 6.07) is 17.1. The van der Waals surface area contributed by atoms with Crippen molar-refractivity contribution in [3.05, 3.63) is 82.7 Å². The summed E-state index contributed by atoms with van der Waals surface area (Å²) in [5.41, 5.74) is 5.37. The first-order valence-corrected chi connectivity index (χ1v) is 11.3. The average Bonchev–Trinajstić information content (AvgIpc) is 3.24. The lowest BCUT2D eigenvalue weighted by molar-refractivity contribution is 0.0736. The van der Waals surface area contributed by atoms with Crippen molar-refractivity contribution < 1.29 is 14.6 Å². The number of hydrogen-bond donors (Lipinski definition) is 3. The summed E-state index contributed by atoms with van der Waals surface area (Å²) in [7, 11) is 0. The summed E-state index contributed by atoms with van der Waals surface area (Å²) in [6.07, 6.45) is 1.45. The van der Waals surface area contributed by atoms with Crippen LogP contribution in [0.2, 0.25) is 0 Å². The lowest BCUT2D eigenvalue weighted by atomic mass is 9.96. The van der Waals surface area contributed by atoms with Crippen molar-refractivity contribution in [2.24, 2.45) is 0 Å². The fourth-order valence-electron chi connectivity index (χ4n) is 3.96. The standard InChI is InChI=1S/C27H28N4O3/c1-17-3-6-24(22(9-17)13-28)20-10-21(12-23(11-20)34-26-16-29-15-25(26)32)27(33)30-8-7-19-5-4-18(2)31-14-19/h3-6,9-12,14,25-26,29,32H,7-8,15-16H2,1-2H3,(H,30,33). The molecule has 1 fully saturated rings. The number of pyridine rings is 1. The molecule has 0 aliphatic carbocycles. The molecule has 4 rings (SSSR count). The maximum absolute atomic E-state index is 13.0. The second-order valence-corrected chi connectivity index (χ2v) is 8.60. The molecule has 0 saturated carbocycles. The van der Waals surface area contributed by atoms with Gasteiger partial charge in [0, 0.05) is 37.1 Å². The Labute approximate surface area is 199 Å². The van der Waals surface area contributed by atoms with Gasteiger partial charge in [-0.15, -0.1) is 0 Å². The molecule has 2 atom stereocenters. The maximum atomic E-state index is 13.0. The Kier molecular flexibility index (Phi) is 7.21. The maximum Gasteiger partial charge on any atom is 0.251 e. The molecule has 1 amide bonds. The summed E-state index contributed by atoms with van der Waals surface area (Å²) in [5.74, 6) is 0.241. The van der Waals surface area contributed by atoms with Crippen LogP contribution in [-0.4, -0.2) is 47.8 Å². The molecule has 2 heterocycles. The number of amides is 1. The number of benzene rings is 2. The first-order valence-electron chi connectivity index (χ1n) is 11.3. The number of ether oxygens (including phenoxy) is 1. The Bertz CT molecular complexity index is 1220. The van der Waals surface area contributed by atoms with Crippen molar-refractivity contribution in [3.63, 3.8) is 0 Å². The lowest BCUT2D eigenvalue weighted by Gasteiger charge is -2.18. The van der Waals surface area contributed by atoms with Crippen molar-refractivity contribution >= 4 is 5.91 Å². The molecular weight excluding hydrogens is 428 g/mol. The van der Waals surface area contributed by atoms with Gasteiger partial charge in [-0.1, -0.05) is 18.2 Å². The summed E-state index contributed by atoms with van der Waals surface area (Å²) in [5, 5.41) is 25.9. The first kappa shape index (κ1) is 23.4. The van der Waals surface area contributed by atoms with Crippen LogP contribution in [-0.2, 0) is 6.42 Å². The highest BCUT2D eigenvalue weighted by Crippen LogP contribution is 2.30. The van der Waals surface area contributed by atoms with Crippen LogP contribution >= 0.6 is 0 Å². The van der Waals surface area contributed by atoms with Gasteiger partial charge in [-0.25, -0.2) is 0 Å². The minimum atomic E-state index is -0.627. The Morgan fingerprint density at radius 3 is 2.76 bits per heavy atom. The van der Waals surface area contributed by atoms with E-state index in [1.54, 1.807) is 12.1 Å². The quantitative estimate of drug-likeness (QED) is 0.505. The Hall–Kier alpha value is -3.73. The molecule has 1 aliphatic rings. The molecular formula is C27H28N4O3. The van der Waals surface area contributed by atoms with Gasteiger partial charge < -0.3 is 20.5 Å². The number of β-amino-alcohol motifs (C(OH)–C–C–N with tert-alkyl or cyclic N) is 1. The molecule has 1 aromatic heterocycles. The van der Waals surface area contributed by atoms with Gasteiger partial charge in [0.15, 0.2) is 0 Å². The van der Waals surface area contributed by atoms with E-state index < -0.39 is 12.2 Å². The van der Waals surface area contributed by atoms with E-state index in [2.05, 4.69) is 21.7 Å². The number of carbonyl (C=O) groups excluding carboxylic acids is 1. The fourth-order valence-corrected chi connectivity index (χ4v) is 3.96. The number of nitrogens with one attached hydrogen (secondary N) is 2. The monoisotopic (exact) mass is 456 g/mol. The number of aliphatic hydroxyl groups excluding tert-OH is 1.